The Bertz CT molecular complexity index is 1140. The molecule has 1 fully saturated rings. The third-order valence-corrected chi connectivity index (χ3v) is 5.02. The molecule has 0 N–H and O–H groups in total. The molecule has 3 aromatic rings. The Hall–Kier alpha value is -4.39. The van der Waals surface area contributed by atoms with E-state index in [9.17, 15) is 14.4 Å². The lowest BCUT2D eigenvalue weighted by molar-refractivity contribution is -0.121. The lowest BCUT2D eigenvalue weighted by Gasteiger charge is -2.34. The fourth-order valence-electron chi connectivity index (χ4n) is 3.43. The molecule has 0 spiro atoms. The minimum atomic E-state index is -0.740. The first kappa shape index (κ1) is 20.9. The number of carbonyl (C=O) groups is 3. The average Bonchev–Trinajstić information content (AvgIpc) is 2.83. The van der Waals surface area contributed by atoms with Crippen LogP contribution in [0.5, 0.6) is 11.5 Å². The van der Waals surface area contributed by atoms with Gasteiger partial charge in [-0.05, 0) is 42.5 Å². The van der Waals surface area contributed by atoms with Crippen LogP contribution in [0.3, 0.4) is 0 Å². The molecule has 0 aromatic heterocycles. The topological polar surface area (TPSA) is 76.2 Å². The van der Waals surface area contributed by atoms with Crippen molar-refractivity contribution >= 4 is 35.3 Å². The van der Waals surface area contributed by atoms with Crippen LogP contribution in [0.4, 0.5) is 16.2 Å². The Kier molecular flexibility index (Phi) is 5.72. The van der Waals surface area contributed by atoms with E-state index in [1.807, 2.05) is 0 Å². The van der Waals surface area contributed by atoms with Crippen LogP contribution in [0.2, 0.25) is 0 Å². The van der Waals surface area contributed by atoms with Gasteiger partial charge < -0.3 is 9.47 Å². The zero-order chi connectivity index (χ0) is 22.7. The maximum Gasteiger partial charge on any atom is 0.343 e. The van der Waals surface area contributed by atoms with Gasteiger partial charge in [-0.2, -0.15) is 0 Å². The summed E-state index contributed by atoms with van der Waals surface area (Å²) in [4.78, 5) is 42.0. The molecule has 0 unspecified atom stereocenters. The van der Waals surface area contributed by atoms with E-state index in [0.29, 0.717) is 28.4 Å². The van der Waals surface area contributed by atoms with E-state index >= 15 is 0 Å². The minimum Gasteiger partial charge on any atom is -0.497 e. The molecule has 0 radical (unpaired) electrons. The first-order chi connectivity index (χ1) is 15.5. The van der Waals surface area contributed by atoms with Crippen LogP contribution >= 0.6 is 0 Å². The van der Waals surface area contributed by atoms with Crippen molar-refractivity contribution < 1.29 is 23.9 Å². The van der Waals surface area contributed by atoms with Gasteiger partial charge in [-0.25, -0.2) is 14.6 Å². The molecule has 1 saturated heterocycles. The van der Waals surface area contributed by atoms with E-state index in [1.54, 1.807) is 78.9 Å². The van der Waals surface area contributed by atoms with Crippen molar-refractivity contribution in [1.29, 1.82) is 0 Å². The summed E-state index contributed by atoms with van der Waals surface area (Å²) >= 11 is 0. The highest BCUT2D eigenvalue weighted by Crippen LogP contribution is 2.32. The normalized spacial score (nSPS) is 13.9. The van der Waals surface area contributed by atoms with Gasteiger partial charge in [-0.15, -0.1) is 0 Å². The van der Waals surface area contributed by atoms with Crippen LogP contribution in [0.25, 0.3) is 6.08 Å². The van der Waals surface area contributed by atoms with Crippen molar-refractivity contribution in [3.63, 3.8) is 0 Å². The molecule has 3 aromatic carbocycles. The van der Waals surface area contributed by atoms with Gasteiger partial charge in [0.05, 0.1) is 25.6 Å². The average molecular weight is 428 g/mol. The molecule has 0 aliphatic carbocycles. The maximum atomic E-state index is 13.4. The minimum absolute atomic E-state index is 0.166. The molecule has 1 aliphatic heterocycles. The van der Waals surface area contributed by atoms with Gasteiger partial charge in [0, 0.05) is 11.6 Å². The number of methoxy groups -OCH3 is 2. The molecule has 160 valence electrons. The first-order valence-electron chi connectivity index (χ1n) is 9.82. The lowest BCUT2D eigenvalue weighted by atomic mass is 10.0. The van der Waals surface area contributed by atoms with E-state index in [0.717, 1.165) is 9.80 Å². The van der Waals surface area contributed by atoms with Crippen molar-refractivity contribution in [1.82, 2.24) is 0 Å². The van der Waals surface area contributed by atoms with Crippen molar-refractivity contribution in [2.75, 3.05) is 24.0 Å². The summed E-state index contributed by atoms with van der Waals surface area (Å²) < 4.78 is 10.6. The number of carbonyl (C=O) groups excluding carboxylic acids is 3. The molecule has 1 aliphatic rings. The van der Waals surface area contributed by atoms with Crippen molar-refractivity contribution in [2.45, 2.75) is 0 Å². The molecule has 4 rings (SSSR count). The van der Waals surface area contributed by atoms with Crippen LogP contribution in [-0.2, 0) is 9.59 Å². The largest absolute Gasteiger partial charge is 0.497 e. The van der Waals surface area contributed by atoms with Gasteiger partial charge in [0.2, 0.25) is 0 Å². The van der Waals surface area contributed by atoms with Crippen LogP contribution in [-0.4, -0.2) is 32.1 Å². The molecule has 0 saturated carbocycles. The summed E-state index contributed by atoms with van der Waals surface area (Å²) in [5, 5.41) is 0. The monoisotopic (exact) mass is 428 g/mol. The fourth-order valence-corrected chi connectivity index (χ4v) is 3.43. The number of imide groups is 2. The molecule has 0 atom stereocenters. The number of para-hydroxylation sites is 2. The summed E-state index contributed by atoms with van der Waals surface area (Å²) in [6.45, 7) is 0. The number of rotatable bonds is 5. The van der Waals surface area contributed by atoms with Crippen molar-refractivity contribution in [2.24, 2.45) is 0 Å². The maximum absolute atomic E-state index is 13.4. The van der Waals surface area contributed by atoms with Gasteiger partial charge in [-0.1, -0.05) is 36.4 Å². The molecular formula is C25H20N2O5. The van der Waals surface area contributed by atoms with Crippen molar-refractivity contribution in [3.8, 4) is 11.5 Å². The second-order valence-electron chi connectivity index (χ2n) is 6.90. The Labute approximate surface area is 185 Å². The van der Waals surface area contributed by atoms with Crippen LogP contribution in [0.15, 0.2) is 84.4 Å². The van der Waals surface area contributed by atoms with Gasteiger partial charge in [0.15, 0.2) is 0 Å². The number of benzene rings is 3. The molecule has 1 heterocycles. The number of nitrogens with zero attached hydrogens (tertiary/aromatic N) is 2. The Morgan fingerprint density at radius 1 is 0.688 bits per heavy atom. The Balaban J connectivity index is 1.88. The van der Waals surface area contributed by atoms with Gasteiger partial charge in [0.1, 0.15) is 17.1 Å². The van der Waals surface area contributed by atoms with E-state index in [-0.39, 0.29) is 5.57 Å². The van der Waals surface area contributed by atoms with E-state index < -0.39 is 17.8 Å². The predicted molar refractivity (Wildman–Crippen MR) is 121 cm³/mol. The highest BCUT2D eigenvalue weighted by molar-refractivity contribution is 6.46. The second-order valence-corrected chi connectivity index (χ2v) is 6.90. The first-order valence-corrected chi connectivity index (χ1v) is 9.82. The second kappa shape index (κ2) is 8.77. The summed E-state index contributed by atoms with van der Waals surface area (Å²) in [6, 6.07) is 21.3. The Morgan fingerprint density at radius 3 is 1.69 bits per heavy atom. The number of ether oxygens (including phenoxy) is 2. The number of hydrogen-bond donors (Lipinski definition) is 0. The number of amides is 4. The predicted octanol–water partition coefficient (Wildman–Crippen LogP) is 4.29. The SMILES string of the molecule is COc1ccc(C=C2C(=O)N(c3ccccc3)C(=O)N(c3ccccc3)C2=O)c(OC)c1. The lowest BCUT2D eigenvalue weighted by Crippen LogP contribution is -2.57. The number of urea groups is 1. The highest BCUT2D eigenvalue weighted by atomic mass is 16.5. The van der Waals surface area contributed by atoms with Gasteiger partial charge in [-0.3, -0.25) is 9.59 Å². The third kappa shape index (κ3) is 3.72. The zero-order valence-corrected chi connectivity index (χ0v) is 17.5. The number of anilines is 2. The molecule has 32 heavy (non-hydrogen) atoms. The van der Waals surface area contributed by atoms with Crippen LogP contribution in [0, 0.1) is 0 Å². The molecule has 0 bridgehead atoms. The molecule has 7 heteroatoms. The van der Waals surface area contributed by atoms with Crippen molar-refractivity contribution in [3.05, 3.63) is 90.0 Å². The number of hydrogen-bond acceptors (Lipinski definition) is 5. The van der Waals surface area contributed by atoms with Gasteiger partial charge in [0.25, 0.3) is 11.8 Å². The zero-order valence-electron chi connectivity index (χ0n) is 17.5. The quantitative estimate of drug-likeness (QED) is 0.448. The summed E-state index contributed by atoms with van der Waals surface area (Å²) in [5.41, 5.74) is 1.06. The highest BCUT2D eigenvalue weighted by Gasteiger charge is 2.43. The summed E-state index contributed by atoms with van der Waals surface area (Å²) in [5.74, 6) is -0.434. The molecule has 4 amide bonds. The van der Waals surface area contributed by atoms with Gasteiger partial charge >= 0.3 is 6.03 Å². The molecule has 7 nitrogen and oxygen atoms in total. The number of barbiturate groups is 1. The summed E-state index contributed by atoms with van der Waals surface area (Å²) in [7, 11) is 3.01. The smallest absolute Gasteiger partial charge is 0.343 e. The third-order valence-electron chi connectivity index (χ3n) is 5.02. The molecular weight excluding hydrogens is 408 g/mol. The van der Waals surface area contributed by atoms with E-state index in [4.69, 9.17) is 9.47 Å². The van der Waals surface area contributed by atoms with E-state index in [1.165, 1.54) is 20.3 Å². The Morgan fingerprint density at radius 2 is 1.22 bits per heavy atom. The van der Waals surface area contributed by atoms with E-state index in [2.05, 4.69) is 0 Å². The standard InChI is InChI=1S/C25H20N2O5/c1-31-20-14-13-17(22(16-20)32-2)15-21-23(28)26(18-9-5-3-6-10-18)25(30)27(24(21)29)19-11-7-4-8-12-19/h3-16H,1-2H3. The summed E-state index contributed by atoms with van der Waals surface area (Å²) in [6.07, 6.45) is 1.43. The van der Waals surface area contributed by atoms with Crippen LogP contribution in [0.1, 0.15) is 5.56 Å². The van der Waals surface area contributed by atoms with Crippen LogP contribution < -0.4 is 19.3 Å². The fraction of sp³-hybridized carbons (Fsp3) is 0.0800.